The SMILES string of the molecule is Cc1nc2cccc(Cl)c2nc1-c1ccc(-c2cccc(S(C)(=O)=O)c2)cc1. The lowest BCUT2D eigenvalue weighted by Gasteiger charge is -2.09. The third kappa shape index (κ3) is 3.51. The van der Waals surface area contributed by atoms with E-state index >= 15 is 0 Å². The van der Waals surface area contributed by atoms with E-state index in [1.165, 1.54) is 6.26 Å². The number of hydrogen-bond donors (Lipinski definition) is 0. The molecule has 1 heterocycles. The van der Waals surface area contributed by atoms with Crippen LogP contribution in [0.15, 0.2) is 71.6 Å². The molecule has 4 rings (SSSR count). The Morgan fingerprint density at radius 1 is 0.821 bits per heavy atom. The molecule has 0 bridgehead atoms. The highest BCUT2D eigenvalue weighted by molar-refractivity contribution is 7.90. The first-order valence-corrected chi connectivity index (χ1v) is 10.9. The van der Waals surface area contributed by atoms with Crippen LogP contribution in [0.5, 0.6) is 0 Å². The van der Waals surface area contributed by atoms with Gasteiger partial charge in [0.25, 0.3) is 0 Å². The Morgan fingerprint density at radius 3 is 2.21 bits per heavy atom. The van der Waals surface area contributed by atoms with Crippen molar-refractivity contribution in [3.05, 3.63) is 77.4 Å². The Morgan fingerprint density at radius 2 is 1.50 bits per heavy atom. The lowest BCUT2D eigenvalue weighted by molar-refractivity contribution is 0.602. The number of fused-ring (bicyclic) bond motifs is 1. The second kappa shape index (κ2) is 7.00. The molecule has 140 valence electrons. The molecule has 4 nitrogen and oxygen atoms in total. The minimum atomic E-state index is -3.25. The molecule has 0 aliphatic carbocycles. The van der Waals surface area contributed by atoms with Gasteiger partial charge in [-0.1, -0.05) is 54.1 Å². The second-order valence-electron chi connectivity index (χ2n) is 6.64. The largest absolute Gasteiger partial charge is 0.249 e. The van der Waals surface area contributed by atoms with Crippen LogP contribution in [0.25, 0.3) is 33.4 Å². The van der Waals surface area contributed by atoms with Crippen molar-refractivity contribution in [2.45, 2.75) is 11.8 Å². The Labute approximate surface area is 168 Å². The van der Waals surface area contributed by atoms with Crippen LogP contribution < -0.4 is 0 Å². The van der Waals surface area contributed by atoms with Crippen molar-refractivity contribution in [2.24, 2.45) is 0 Å². The lowest BCUT2D eigenvalue weighted by Crippen LogP contribution is -1.97. The zero-order chi connectivity index (χ0) is 19.9. The zero-order valence-corrected chi connectivity index (χ0v) is 16.9. The summed E-state index contributed by atoms with van der Waals surface area (Å²) in [5, 5.41) is 0.570. The summed E-state index contributed by atoms with van der Waals surface area (Å²) in [6.07, 6.45) is 1.21. The molecule has 0 spiro atoms. The van der Waals surface area contributed by atoms with Crippen LogP contribution >= 0.6 is 11.6 Å². The van der Waals surface area contributed by atoms with Crippen LogP contribution in [0, 0.1) is 6.92 Å². The first-order chi connectivity index (χ1) is 13.3. The topological polar surface area (TPSA) is 59.9 Å². The van der Waals surface area contributed by atoms with E-state index in [4.69, 9.17) is 16.6 Å². The summed E-state index contributed by atoms with van der Waals surface area (Å²) in [4.78, 5) is 9.64. The molecule has 6 heteroatoms. The maximum atomic E-state index is 11.8. The van der Waals surface area contributed by atoms with E-state index < -0.39 is 9.84 Å². The van der Waals surface area contributed by atoms with Crippen LogP contribution in [0.1, 0.15) is 5.69 Å². The summed E-state index contributed by atoms with van der Waals surface area (Å²) < 4.78 is 23.6. The average Bonchev–Trinajstić information content (AvgIpc) is 2.67. The van der Waals surface area contributed by atoms with Crippen molar-refractivity contribution in [3.63, 3.8) is 0 Å². The molecule has 4 aromatic rings. The van der Waals surface area contributed by atoms with Crippen LogP contribution in [-0.2, 0) is 9.84 Å². The van der Waals surface area contributed by atoms with E-state index in [9.17, 15) is 8.42 Å². The predicted octanol–water partition coefficient (Wildman–Crippen LogP) is 5.33. The summed E-state index contributed by atoms with van der Waals surface area (Å²) in [6.45, 7) is 1.92. The van der Waals surface area contributed by atoms with Gasteiger partial charge in [-0.15, -0.1) is 0 Å². The smallest absolute Gasteiger partial charge is 0.175 e. The van der Waals surface area contributed by atoms with E-state index in [0.29, 0.717) is 15.4 Å². The van der Waals surface area contributed by atoms with Gasteiger partial charge in [0.05, 0.1) is 26.8 Å². The zero-order valence-electron chi connectivity index (χ0n) is 15.3. The lowest BCUT2D eigenvalue weighted by atomic mass is 10.0. The normalized spacial score (nSPS) is 11.7. The van der Waals surface area contributed by atoms with Crippen molar-refractivity contribution < 1.29 is 8.42 Å². The molecule has 0 aliphatic rings. The van der Waals surface area contributed by atoms with Gasteiger partial charge in [-0.25, -0.2) is 18.4 Å². The number of rotatable bonds is 3. The molecule has 0 radical (unpaired) electrons. The molecule has 0 aliphatic heterocycles. The second-order valence-corrected chi connectivity index (χ2v) is 9.07. The van der Waals surface area contributed by atoms with Crippen molar-refractivity contribution in [2.75, 3.05) is 6.26 Å². The molecule has 0 N–H and O–H groups in total. The van der Waals surface area contributed by atoms with Crippen molar-refractivity contribution >= 4 is 32.5 Å². The average molecular weight is 409 g/mol. The quantitative estimate of drug-likeness (QED) is 0.459. The number of aryl methyl sites for hydroxylation is 1. The van der Waals surface area contributed by atoms with Crippen LogP contribution in [0.4, 0.5) is 0 Å². The minimum Gasteiger partial charge on any atom is -0.249 e. The highest BCUT2D eigenvalue weighted by atomic mass is 35.5. The molecule has 0 unspecified atom stereocenters. The first-order valence-electron chi connectivity index (χ1n) is 8.67. The fourth-order valence-electron chi connectivity index (χ4n) is 3.13. The summed E-state index contributed by atoms with van der Waals surface area (Å²) in [6, 6.07) is 20.3. The van der Waals surface area contributed by atoms with Crippen LogP contribution in [0.3, 0.4) is 0 Å². The summed E-state index contributed by atoms with van der Waals surface area (Å²) in [5.41, 5.74) is 5.74. The Bertz CT molecular complexity index is 1300. The number of para-hydroxylation sites is 1. The van der Waals surface area contributed by atoms with E-state index in [-0.39, 0.29) is 0 Å². The molecule has 0 saturated heterocycles. The van der Waals surface area contributed by atoms with Gasteiger partial charge in [-0.3, -0.25) is 0 Å². The molecular weight excluding hydrogens is 392 g/mol. The molecule has 0 saturated carbocycles. The Hall–Kier alpha value is -2.76. The minimum absolute atomic E-state index is 0.306. The van der Waals surface area contributed by atoms with Crippen LogP contribution in [-0.4, -0.2) is 24.6 Å². The molecule has 1 aromatic heterocycles. The third-order valence-corrected chi connectivity index (χ3v) is 5.99. The van der Waals surface area contributed by atoms with E-state index in [2.05, 4.69) is 4.98 Å². The maximum Gasteiger partial charge on any atom is 0.175 e. The fourth-order valence-corrected chi connectivity index (χ4v) is 4.01. The van der Waals surface area contributed by atoms with Crippen molar-refractivity contribution in [1.82, 2.24) is 9.97 Å². The molecule has 0 fully saturated rings. The number of hydrogen-bond acceptors (Lipinski definition) is 4. The van der Waals surface area contributed by atoms with E-state index in [1.807, 2.05) is 49.4 Å². The van der Waals surface area contributed by atoms with E-state index in [1.54, 1.807) is 24.3 Å². The maximum absolute atomic E-state index is 11.8. The molecular formula is C22H17ClN2O2S. The van der Waals surface area contributed by atoms with Gasteiger partial charge in [0.1, 0.15) is 5.52 Å². The Kier molecular flexibility index (Phi) is 4.65. The van der Waals surface area contributed by atoms with Gasteiger partial charge in [0.2, 0.25) is 0 Å². The van der Waals surface area contributed by atoms with Gasteiger partial charge < -0.3 is 0 Å². The highest BCUT2D eigenvalue weighted by Crippen LogP contribution is 2.29. The van der Waals surface area contributed by atoms with Crippen molar-refractivity contribution in [1.29, 1.82) is 0 Å². The van der Waals surface area contributed by atoms with Gasteiger partial charge in [0, 0.05) is 11.8 Å². The van der Waals surface area contributed by atoms with E-state index in [0.717, 1.165) is 33.6 Å². The molecule has 0 atom stereocenters. The number of nitrogens with zero attached hydrogens (tertiary/aromatic N) is 2. The van der Waals surface area contributed by atoms with Gasteiger partial charge >= 0.3 is 0 Å². The third-order valence-electron chi connectivity index (χ3n) is 4.57. The highest BCUT2D eigenvalue weighted by Gasteiger charge is 2.11. The number of aromatic nitrogens is 2. The Balaban J connectivity index is 1.76. The standard InChI is InChI=1S/C22H17ClN2O2S/c1-14-21(25-22-19(23)7-4-8-20(22)24-14)16-11-9-15(10-12-16)17-5-3-6-18(13-17)28(2,26)27/h3-13H,1-2H3. The van der Waals surface area contributed by atoms with Gasteiger partial charge in [-0.05, 0) is 42.3 Å². The summed E-state index contributed by atoms with van der Waals surface area (Å²) in [7, 11) is -3.25. The molecule has 3 aromatic carbocycles. The van der Waals surface area contributed by atoms with Crippen LogP contribution in [0.2, 0.25) is 5.02 Å². The molecule has 0 amide bonds. The number of benzene rings is 3. The predicted molar refractivity (Wildman–Crippen MR) is 113 cm³/mol. The van der Waals surface area contributed by atoms with Gasteiger partial charge in [0.15, 0.2) is 9.84 Å². The first kappa shape index (κ1) is 18.6. The summed E-state index contributed by atoms with van der Waals surface area (Å²) >= 11 is 6.27. The molecule has 28 heavy (non-hydrogen) atoms. The van der Waals surface area contributed by atoms with Crippen molar-refractivity contribution in [3.8, 4) is 22.4 Å². The summed E-state index contributed by atoms with van der Waals surface area (Å²) in [5.74, 6) is 0. The fraction of sp³-hybridized carbons (Fsp3) is 0.0909. The monoisotopic (exact) mass is 408 g/mol. The number of sulfone groups is 1. The number of halogens is 1. The van der Waals surface area contributed by atoms with Gasteiger partial charge in [-0.2, -0.15) is 0 Å².